The third-order valence-electron chi connectivity index (χ3n) is 6.95. The van der Waals surface area contributed by atoms with Crippen LogP contribution in [0, 0.1) is 5.92 Å². The molecule has 5 rings (SSSR count). The van der Waals surface area contributed by atoms with Crippen molar-refractivity contribution < 1.29 is 18.8 Å². The number of aromatic nitrogens is 2. The molecule has 37 heavy (non-hydrogen) atoms. The average Bonchev–Trinajstić information content (AvgIpc) is 3.31. The summed E-state index contributed by atoms with van der Waals surface area (Å²) in [6.07, 6.45) is 2.20. The first kappa shape index (κ1) is 25.8. The largest absolute Gasteiger partial charge is 0.497 e. The number of hydrogen-bond donors (Lipinski definition) is 1. The summed E-state index contributed by atoms with van der Waals surface area (Å²) >= 11 is 12.3. The van der Waals surface area contributed by atoms with E-state index in [1.807, 2.05) is 32.0 Å². The number of piperidine rings is 1. The number of fused-ring (bicyclic) bond motifs is 1. The van der Waals surface area contributed by atoms with E-state index in [-0.39, 0.29) is 23.5 Å². The topological polar surface area (TPSA) is 89.7 Å². The van der Waals surface area contributed by atoms with Gasteiger partial charge in [0.25, 0.3) is 0 Å². The molecule has 0 saturated carbocycles. The number of carbonyl (C=O) groups is 1. The number of ether oxygens (including phenoxy) is 2. The maximum atomic E-state index is 13.3. The standard InChI is InChI=1S/C27H30Cl2N4O4/c1-27(2)14-22(20-13-18(35-3)5-7-23(20)36-27)30-26(34)16-8-10-33(11-9-16)15-24-31-25(32-37-24)19-6-4-17(28)12-21(19)29/h4-7,12-13,16,22H,8-11,14-15H2,1-3H3,(H,30,34). The predicted molar refractivity (Wildman–Crippen MR) is 141 cm³/mol. The van der Waals surface area contributed by atoms with Gasteiger partial charge in [-0.15, -0.1) is 0 Å². The first-order chi connectivity index (χ1) is 17.7. The van der Waals surface area contributed by atoms with Gasteiger partial charge in [-0.2, -0.15) is 4.98 Å². The molecule has 1 fully saturated rings. The Bertz CT molecular complexity index is 1290. The minimum atomic E-state index is -0.373. The van der Waals surface area contributed by atoms with Crippen molar-refractivity contribution in [3.8, 4) is 22.9 Å². The van der Waals surface area contributed by atoms with Gasteiger partial charge in [-0.3, -0.25) is 9.69 Å². The number of methoxy groups -OCH3 is 1. The van der Waals surface area contributed by atoms with Crippen LogP contribution in [0.15, 0.2) is 40.9 Å². The highest BCUT2D eigenvalue weighted by atomic mass is 35.5. The quantitative estimate of drug-likeness (QED) is 0.426. The van der Waals surface area contributed by atoms with Crippen LogP contribution in [-0.2, 0) is 11.3 Å². The molecule has 1 saturated heterocycles. The van der Waals surface area contributed by atoms with E-state index in [0.717, 1.165) is 43.0 Å². The summed E-state index contributed by atoms with van der Waals surface area (Å²) in [4.78, 5) is 20.0. The molecule has 0 bridgehead atoms. The number of rotatable bonds is 6. The lowest BCUT2D eigenvalue weighted by atomic mass is 9.88. The monoisotopic (exact) mass is 544 g/mol. The normalized spacial score (nSPS) is 19.6. The Morgan fingerprint density at radius 1 is 1.19 bits per heavy atom. The molecule has 10 heteroatoms. The average molecular weight is 545 g/mol. The van der Waals surface area contributed by atoms with Gasteiger partial charge in [-0.05, 0) is 76.2 Å². The smallest absolute Gasteiger partial charge is 0.241 e. The number of amides is 1. The van der Waals surface area contributed by atoms with Crippen LogP contribution in [0.1, 0.15) is 50.6 Å². The number of nitrogens with zero attached hydrogens (tertiary/aromatic N) is 3. The van der Waals surface area contributed by atoms with Crippen LogP contribution in [0.5, 0.6) is 11.5 Å². The molecule has 8 nitrogen and oxygen atoms in total. The van der Waals surface area contributed by atoms with E-state index >= 15 is 0 Å². The molecule has 3 heterocycles. The minimum absolute atomic E-state index is 0.0533. The van der Waals surface area contributed by atoms with Crippen molar-refractivity contribution in [1.29, 1.82) is 0 Å². The van der Waals surface area contributed by atoms with E-state index in [4.69, 9.17) is 37.2 Å². The Kier molecular flexibility index (Phi) is 7.34. The van der Waals surface area contributed by atoms with Gasteiger partial charge in [-0.25, -0.2) is 0 Å². The molecule has 3 aromatic rings. The molecule has 2 aliphatic heterocycles. The SMILES string of the molecule is COc1ccc2c(c1)C(NC(=O)C1CCN(Cc3nc(-c4ccc(Cl)cc4Cl)no3)CC1)CC(C)(C)O2. The van der Waals surface area contributed by atoms with Crippen LogP contribution in [0.2, 0.25) is 10.0 Å². The third-order valence-corrected chi connectivity index (χ3v) is 7.50. The van der Waals surface area contributed by atoms with Crippen molar-refractivity contribution in [2.24, 2.45) is 5.92 Å². The second kappa shape index (κ2) is 10.5. The highest BCUT2D eigenvalue weighted by Gasteiger charge is 2.36. The van der Waals surface area contributed by atoms with Crippen LogP contribution in [0.25, 0.3) is 11.4 Å². The summed E-state index contributed by atoms with van der Waals surface area (Å²) in [6, 6.07) is 10.8. The Labute approximate surface area is 226 Å². The molecule has 1 aromatic heterocycles. The maximum absolute atomic E-state index is 13.3. The molecular formula is C27H30Cl2N4O4. The molecule has 196 valence electrons. The van der Waals surface area contributed by atoms with Gasteiger partial charge in [-0.1, -0.05) is 28.4 Å². The van der Waals surface area contributed by atoms with Crippen molar-refractivity contribution in [2.75, 3.05) is 20.2 Å². The second-order valence-electron chi connectivity index (χ2n) is 10.2. The second-order valence-corrected chi connectivity index (χ2v) is 11.1. The zero-order valence-corrected chi connectivity index (χ0v) is 22.6. The first-order valence-corrected chi connectivity index (χ1v) is 13.1. The molecule has 0 radical (unpaired) electrons. The van der Waals surface area contributed by atoms with Gasteiger partial charge in [0.1, 0.15) is 17.1 Å². The van der Waals surface area contributed by atoms with Gasteiger partial charge in [0.2, 0.25) is 17.6 Å². The maximum Gasteiger partial charge on any atom is 0.241 e. The highest BCUT2D eigenvalue weighted by Crippen LogP contribution is 2.41. The van der Waals surface area contributed by atoms with Crippen molar-refractivity contribution in [3.63, 3.8) is 0 Å². The summed E-state index contributed by atoms with van der Waals surface area (Å²) < 4.78 is 17.0. The molecule has 1 amide bonds. The lowest BCUT2D eigenvalue weighted by molar-refractivity contribution is -0.127. The Balaban J connectivity index is 1.18. The number of hydrogen-bond acceptors (Lipinski definition) is 7. The molecule has 2 aliphatic rings. The third kappa shape index (κ3) is 5.87. The van der Waals surface area contributed by atoms with Crippen molar-refractivity contribution in [2.45, 2.75) is 51.3 Å². The molecule has 0 spiro atoms. The van der Waals surface area contributed by atoms with Gasteiger partial charge in [0.15, 0.2) is 0 Å². The molecule has 1 atom stereocenters. The Hall–Kier alpha value is -2.81. The molecular weight excluding hydrogens is 515 g/mol. The van der Waals surface area contributed by atoms with Crippen molar-refractivity contribution >= 4 is 29.1 Å². The van der Waals surface area contributed by atoms with E-state index in [2.05, 4.69) is 20.4 Å². The number of carbonyl (C=O) groups excluding carboxylic acids is 1. The number of benzene rings is 2. The van der Waals surface area contributed by atoms with Gasteiger partial charge in [0, 0.05) is 28.5 Å². The molecule has 2 aromatic carbocycles. The Morgan fingerprint density at radius 3 is 2.70 bits per heavy atom. The zero-order chi connectivity index (χ0) is 26.2. The number of nitrogens with one attached hydrogen (secondary N) is 1. The van der Waals surface area contributed by atoms with E-state index in [1.54, 1.807) is 25.3 Å². The van der Waals surface area contributed by atoms with E-state index in [0.29, 0.717) is 40.3 Å². The summed E-state index contributed by atoms with van der Waals surface area (Å²) in [5.41, 5.74) is 1.26. The Morgan fingerprint density at radius 2 is 1.97 bits per heavy atom. The lowest BCUT2D eigenvalue weighted by Gasteiger charge is -2.39. The van der Waals surface area contributed by atoms with E-state index < -0.39 is 0 Å². The zero-order valence-electron chi connectivity index (χ0n) is 21.1. The van der Waals surface area contributed by atoms with Crippen LogP contribution >= 0.6 is 23.2 Å². The summed E-state index contributed by atoms with van der Waals surface area (Å²) in [5, 5.41) is 8.38. The molecule has 1 unspecified atom stereocenters. The predicted octanol–water partition coefficient (Wildman–Crippen LogP) is 5.68. The van der Waals surface area contributed by atoms with Crippen LogP contribution in [0.3, 0.4) is 0 Å². The van der Waals surface area contributed by atoms with Crippen LogP contribution < -0.4 is 14.8 Å². The fraction of sp³-hybridized carbons (Fsp3) is 0.444. The van der Waals surface area contributed by atoms with Crippen molar-refractivity contribution in [3.05, 3.63) is 57.9 Å². The first-order valence-electron chi connectivity index (χ1n) is 12.4. The molecule has 0 aliphatic carbocycles. The van der Waals surface area contributed by atoms with Gasteiger partial charge in [0.05, 0.1) is 24.7 Å². The minimum Gasteiger partial charge on any atom is -0.497 e. The van der Waals surface area contributed by atoms with Gasteiger partial charge < -0.3 is 19.3 Å². The number of halogens is 2. The van der Waals surface area contributed by atoms with Gasteiger partial charge >= 0.3 is 0 Å². The fourth-order valence-corrected chi connectivity index (χ4v) is 5.51. The summed E-state index contributed by atoms with van der Waals surface area (Å²) in [5.74, 6) is 2.50. The number of likely N-dealkylation sites (tertiary alicyclic amines) is 1. The van der Waals surface area contributed by atoms with Crippen molar-refractivity contribution in [1.82, 2.24) is 20.4 Å². The lowest BCUT2D eigenvalue weighted by Crippen LogP contribution is -2.45. The van der Waals surface area contributed by atoms with Crippen LogP contribution in [-0.4, -0.2) is 46.7 Å². The van der Waals surface area contributed by atoms with Crippen LogP contribution in [0.4, 0.5) is 0 Å². The molecule has 1 N–H and O–H groups in total. The summed E-state index contributed by atoms with van der Waals surface area (Å²) in [6.45, 7) is 6.14. The van der Waals surface area contributed by atoms with E-state index in [9.17, 15) is 4.79 Å². The van der Waals surface area contributed by atoms with E-state index in [1.165, 1.54) is 0 Å². The summed E-state index contributed by atoms with van der Waals surface area (Å²) in [7, 11) is 1.64. The highest BCUT2D eigenvalue weighted by molar-refractivity contribution is 6.36. The fourth-order valence-electron chi connectivity index (χ4n) is 5.02.